The Morgan fingerprint density at radius 1 is 0.853 bits per heavy atom. The molecule has 10 heteroatoms. The first kappa shape index (κ1) is 20.3. The van der Waals surface area contributed by atoms with Gasteiger partial charge in [0.05, 0.1) is 11.7 Å². The Balaban J connectivity index is 1.19. The summed E-state index contributed by atoms with van der Waals surface area (Å²) in [5.41, 5.74) is 3.19. The van der Waals surface area contributed by atoms with E-state index in [4.69, 9.17) is 4.98 Å². The first-order chi connectivity index (χ1) is 16.8. The summed E-state index contributed by atoms with van der Waals surface area (Å²) >= 11 is 1.66. The molecule has 0 atom stereocenters. The van der Waals surface area contributed by atoms with Gasteiger partial charge in [-0.15, -0.1) is 11.3 Å². The number of H-pyrrole nitrogens is 1. The topological polar surface area (TPSA) is 99.6 Å². The van der Waals surface area contributed by atoms with Gasteiger partial charge in [0.1, 0.15) is 11.4 Å². The third-order valence-electron chi connectivity index (χ3n) is 5.55. The Morgan fingerprint density at radius 2 is 1.74 bits per heavy atom. The summed E-state index contributed by atoms with van der Waals surface area (Å²) in [6, 6.07) is 9.55. The van der Waals surface area contributed by atoms with Gasteiger partial charge in [0, 0.05) is 61.1 Å². The van der Waals surface area contributed by atoms with E-state index in [-0.39, 0.29) is 0 Å². The van der Waals surface area contributed by atoms with Gasteiger partial charge in [0.25, 0.3) is 0 Å². The van der Waals surface area contributed by atoms with Gasteiger partial charge in [0.2, 0.25) is 5.95 Å². The van der Waals surface area contributed by atoms with Gasteiger partial charge in [-0.05, 0) is 36.3 Å². The van der Waals surface area contributed by atoms with Crippen LogP contribution < -0.4 is 9.80 Å². The van der Waals surface area contributed by atoms with Crippen LogP contribution in [0.25, 0.3) is 22.4 Å². The molecule has 1 saturated heterocycles. The van der Waals surface area contributed by atoms with Crippen LogP contribution in [-0.4, -0.2) is 61.3 Å². The maximum atomic E-state index is 4.74. The molecule has 0 bridgehead atoms. The summed E-state index contributed by atoms with van der Waals surface area (Å²) < 4.78 is 0. The van der Waals surface area contributed by atoms with Crippen LogP contribution in [0, 0.1) is 11.8 Å². The molecule has 6 rings (SSSR count). The van der Waals surface area contributed by atoms with Gasteiger partial charge >= 0.3 is 0 Å². The largest absolute Gasteiger partial charge is 0.345 e. The van der Waals surface area contributed by atoms with Crippen LogP contribution in [-0.2, 0) is 0 Å². The molecule has 0 spiro atoms. The zero-order valence-corrected chi connectivity index (χ0v) is 18.9. The number of nitrogens with zero attached hydrogens (tertiary/aromatic N) is 8. The molecule has 0 radical (unpaired) electrons. The Labute approximate surface area is 199 Å². The van der Waals surface area contributed by atoms with E-state index in [1.54, 1.807) is 36.0 Å². The minimum Gasteiger partial charge on any atom is -0.345 e. The van der Waals surface area contributed by atoms with Crippen molar-refractivity contribution in [2.45, 2.75) is 0 Å². The molecule has 5 heterocycles. The highest BCUT2D eigenvalue weighted by Crippen LogP contribution is 2.21. The monoisotopic (exact) mass is 465 g/mol. The summed E-state index contributed by atoms with van der Waals surface area (Å²) in [5.74, 6) is 7.51. The van der Waals surface area contributed by atoms with Crippen LogP contribution in [0.15, 0.2) is 60.5 Å². The van der Waals surface area contributed by atoms with E-state index in [0.29, 0.717) is 23.2 Å². The zero-order chi connectivity index (χ0) is 22.7. The van der Waals surface area contributed by atoms with E-state index in [1.165, 1.54) is 0 Å². The second-order valence-corrected chi connectivity index (χ2v) is 8.59. The normalized spacial score (nSPS) is 13.6. The van der Waals surface area contributed by atoms with Crippen molar-refractivity contribution >= 4 is 33.3 Å². The molecule has 34 heavy (non-hydrogen) atoms. The molecule has 0 amide bonds. The van der Waals surface area contributed by atoms with Gasteiger partial charge in [-0.25, -0.2) is 24.9 Å². The van der Waals surface area contributed by atoms with E-state index >= 15 is 0 Å². The predicted molar refractivity (Wildman–Crippen MR) is 132 cm³/mol. The number of nitrogens with one attached hydrogen (secondary N) is 1. The van der Waals surface area contributed by atoms with E-state index in [0.717, 1.165) is 47.8 Å². The van der Waals surface area contributed by atoms with Crippen molar-refractivity contribution in [3.05, 3.63) is 71.8 Å². The van der Waals surface area contributed by atoms with Gasteiger partial charge < -0.3 is 9.80 Å². The summed E-state index contributed by atoms with van der Waals surface area (Å²) in [6.45, 7) is 3.42. The van der Waals surface area contributed by atoms with Crippen molar-refractivity contribution in [3.8, 4) is 23.4 Å². The Kier molecular flexibility index (Phi) is 5.29. The molecule has 1 aliphatic rings. The third-order valence-corrected chi connectivity index (χ3v) is 6.39. The lowest BCUT2D eigenvalue weighted by molar-refractivity contribution is 0.639. The summed E-state index contributed by atoms with van der Waals surface area (Å²) in [7, 11) is 0. The van der Waals surface area contributed by atoms with E-state index in [2.05, 4.69) is 51.8 Å². The Morgan fingerprint density at radius 3 is 2.62 bits per heavy atom. The highest BCUT2D eigenvalue weighted by molar-refractivity contribution is 7.13. The molecular weight excluding hydrogens is 446 g/mol. The van der Waals surface area contributed by atoms with Crippen LogP contribution in [0.1, 0.15) is 11.3 Å². The molecule has 0 saturated carbocycles. The van der Waals surface area contributed by atoms with Crippen LogP contribution in [0.5, 0.6) is 0 Å². The lowest BCUT2D eigenvalue weighted by atomic mass is 10.1. The highest BCUT2D eigenvalue weighted by atomic mass is 32.1. The molecule has 4 aromatic heterocycles. The second kappa shape index (κ2) is 8.88. The minimum absolute atomic E-state index is 0.530. The van der Waals surface area contributed by atoms with Crippen molar-refractivity contribution in [3.63, 3.8) is 0 Å². The first-order valence-corrected chi connectivity index (χ1v) is 11.7. The molecule has 9 nitrogen and oxygen atoms in total. The second-order valence-electron chi connectivity index (χ2n) is 7.72. The van der Waals surface area contributed by atoms with E-state index in [9.17, 15) is 0 Å². The van der Waals surface area contributed by atoms with Gasteiger partial charge in [-0.1, -0.05) is 5.92 Å². The standard InChI is InChI=1S/C24H19N9S/c1(17-2-4-20-18(15-17)16-28-31-20)3-19-5-7-25-22(29-19)21-6-8-26-23(30-21)32-10-12-33(13-11-32)24-27-9-14-34-24/h2,4-9,14-16H,10-13H2,(H,28,31). The van der Waals surface area contributed by atoms with Crippen LogP contribution >= 0.6 is 11.3 Å². The maximum absolute atomic E-state index is 4.74. The number of hydrogen-bond acceptors (Lipinski definition) is 9. The number of rotatable bonds is 3. The Bertz CT molecular complexity index is 1490. The molecule has 0 unspecified atom stereocenters. The minimum atomic E-state index is 0.530. The number of aromatic nitrogens is 7. The first-order valence-electron chi connectivity index (χ1n) is 10.8. The molecule has 1 aromatic carbocycles. The number of anilines is 2. The molecular formula is C24H19N9S. The fourth-order valence-corrected chi connectivity index (χ4v) is 4.50. The van der Waals surface area contributed by atoms with Crippen LogP contribution in [0.3, 0.4) is 0 Å². The van der Waals surface area contributed by atoms with Crippen molar-refractivity contribution in [2.75, 3.05) is 36.0 Å². The number of hydrogen-bond donors (Lipinski definition) is 1. The van der Waals surface area contributed by atoms with E-state index < -0.39 is 0 Å². The van der Waals surface area contributed by atoms with Crippen molar-refractivity contribution in [1.29, 1.82) is 0 Å². The number of aromatic amines is 1. The van der Waals surface area contributed by atoms with Crippen LogP contribution in [0.2, 0.25) is 0 Å². The molecule has 166 valence electrons. The van der Waals surface area contributed by atoms with E-state index in [1.807, 2.05) is 35.8 Å². The highest BCUT2D eigenvalue weighted by Gasteiger charge is 2.21. The smallest absolute Gasteiger partial charge is 0.226 e. The predicted octanol–water partition coefficient (Wildman–Crippen LogP) is 2.99. The summed E-state index contributed by atoms with van der Waals surface area (Å²) in [6.07, 6.45) is 7.09. The van der Waals surface area contributed by atoms with Gasteiger partial charge in [0.15, 0.2) is 11.0 Å². The SMILES string of the molecule is C(#Cc1ccnc(-c2ccnc(N3CCN(c4nccs4)CC3)n2)n1)c1ccc2[nH]ncc2c1. The summed E-state index contributed by atoms with van der Waals surface area (Å²) in [5, 5.41) is 11.1. The zero-order valence-electron chi connectivity index (χ0n) is 18.1. The quantitative estimate of drug-likeness (QED) is 0.406. The molecule has 0 aliphatic carbocycles. The fourth-order valence-electron chi connectivity index (χ4n) is 3.80. The fraction of sp³-hybridized carbons (Fsp3) is 0.167. The number of thiazole rings is 1. The van der Waals surface area contributed by atoms with Crippen molar-refractivity contribution < 1.29 is 0 Å². The lowest BCUT2D eigenvalue weighted by Gasteiger charge is -2.34. The van der Waals surface area contributed by atoms with Crippen molar-refractivity contribution in [1.82, 2.24) is 35.1 Å². The molecule has 1 aliphatic heterocycles. The molecule has 5 aromatic rings. The lowest BCUT2D eigenvalue weighted by Crippen LogP contribution is -2.47. The molecule has 1 N–H and O–H groups in total. The number of benzene rings is 1. The average Bonchev–Trinajstić information content (AvgIpc) is 3.60. The van der Waals surface area contributed by atoms with Crippen molar-refractivity contribution in [2.24, 2.45) is 0 Å². The Hall–Kier alpha value is -4.36. The maximum Gasteiger partial charge on any atom is 0.226 e. The van der Waals surface area contributed by atoms with Crippen LogP contribution in [0.4, 0.5) is 11.1 Å². The van der Waals surface area contributed by atoms with Gasteiger partial charge in [-0.2, -0.15) is 5.10 Å². The van der Waals surface area contributed by atoms with Gasteiger partial charge in [-0.3, -0.25) is 5.10 Å². The average molecular weight is 466 g/mol. The molecule has 1 fully saturated rings. The number of fused-ring (bicyclic) bond motifs is 1. The summed E-state index contributed by atoms with van der Waals surface area (Å²) in [4.78, 5) is 27.1. The number of piperazine rings is 1. The third kappa shape index (κ3) is 4.16.